The molecule has 0 fully saturated rings. The fraction of sp³-hybridized carbons (Fsp3) is 0.250. The molecule has 0 radical (unpaired) electrons. The van der Waals surface area contributed by atoms with Gasteiger partial charge in [0.25, 0.3) is 0 Å². The molecule has 220 valence electrons. The molecule has 0 atom stereocenters. The summed E-state index contributed by atoms with van der Waals surface area (Å²) in [5.74, 6) is 0. The summed E-state index contributed by atoms with van der Waals surface area (Å²) in [7, 11) is 9.87. The fourth-order valence-corrected chi connectivity index (χ4v) is 5.78. The van der Waals surface area contributed by atoms with E-state index in [2.05, 4.69) is 137 Å². The van der Waals surface area contributed by atoms with E-state index in [4.69, 9.17) is 17.0 Å². The molecule has 0 saturated carbocycles. The molecular weight excluding hydrogens is 643 g/mol. The van der Waals surface area contributed by atoms with Crippen LogP contribution >= 0.6 is 17.0 Å². The van der Waals surface area contributed by atoms with E-state index in [0.717, 1.165) is 0 Å². The average molecular weight is 685 g/mol. The molecule has 6 rings (SSSR count). The molecule has 0 nitrogen and oxygen atoms in total. The molecular formula is C40H42Cl2Zr. The summed E-state index contributed by atoms with van der Waals surface area (Å²) in [6.07, 6.45) is 7.46. The Labute approximate surface area is 277 Å². The van der Waals surface area contributed by atoms with Crippen LogP contribution in [-0.2, 0) is 33.7 Å². The monoisotopic (exact) mass is 682 g/mol. The van der Waals surface area contributed by atoms with Crippen LogP contribution in [0.2, 0.25) is 0 Å². The van der Waals surface area contributed by atoms with Gasteiger partial charge < -0.3 is 0 Å². The third-order valence-corrected chi connectivity index (χ3v) is 8.08. The molecule has 0 spiro atoms. The molecule has 0 aromatic heterocycles. The standard InChI is InChI=1S/2C20H21.2ClH.Zr/c2*1-3-4-7-16-10-11-20(15(2)12-16)19-13-17-8-5-6-9-18(17)14-19;;;/h2*5-6,8-14H,3-4,7H2,1-2H3;2*1H;/q2*-1;;;+4/p-2. The number of hydrogen-bond donors (Lipinski definition) is 0. The van der Waals surface area contributed by atoms with Crippen LogP contribution in [0.1, 0.15) is 61.8 Å². The normalized spacial score (nSPS) is 10.6. The predicted octanol–water partition coefficient (Wildman–Crippen LogP) is 13.1. The van der Waals surface area contributed by atoms with E-state index in [1.54, 1.807) is 0 Å². The van der Waals surface area contributed by atoms with Gasteiger partial charge in [0.05, 0.1) is 0 Å². The van der Waals surface area contributed by atoms with Crippen molar-refractivity contribution >= 4 is 38.6 Å². The summed E-state index contributed by atoms with van der Waals surface area (Å²) in [6, 6.07) is 40.2. The van der Waals surface area contributed by atoms with Crippen LogP contribution in [0, 0.1) is 13.8 Å². The summed E-state index contributed by atoms with van der Waals surface area (Å²) in [5, 5.41) is 5.32. The van der Waals surface area contributed by atoms with Crippen molar-refractivity contribution < 1.29 is 20.8 Å². The molecule has 0 aliphatic rings. The molecule has 0 heterocycles. The molecule has 0 amide bonds. The zero-order valence-corrected chi connectivity index (χ0v) is 29.9. The van der Waals surface area contributed by atoms with Crippen molar-refractivity contribution in [2.45, 2.75) is 66.2 Å². The van der Waals surface area contributed by atoms with Crippen LogP contribution in [0.15, 0.2) is 109 Å². The molecule has 3 heteroatoms. The molecule has 0 bridgehead atoms. The maximum atomic E-state index is 4.93. The zero-order chi connectivity index (χ0) is 30.6. The zero-order valence-electron chi connectivity index (χ0n) is 25.9. The molecule has 6 aromatic rings. The van der Waals surface area contributed by atoms with Crippen LogP contribution in [0.3, 0.4) is 0 Å². The second-order valence-electron chi connectivity index (χ2n) is 11.3. The number of unbranched alkanes of at least 4 members (excludes halogenated alkanes) is 2. The summed E-state index contributed by atoms with van der Waals surface area (Å²) >= 11 is -0.826. The molecule has 6 aromatic carbocycles. The van der Waals surface area contributed by atoms with Crippen molar-refractivity contribution in [3.63, 3.8) is 0 Å². The Morgan fingerprint density at radius 2 is 0.953 bits per heavy atom. The first kappa shape index (κ1) is 33.5. The van der Waals surface area contributed by atoms with Crippen molar-refractivity contribution in [1.82, 2.24) is 0 Å². The molecule has 43 heavy (non-hydrogen) atoms. The van der Waals surface area contributed by atoms with Gasteiger partial charge in [-0.1, -0.05) is 122 Å². The van der Waals surface area contributed by atoms with E-state index in [9.17, 15) is 0 Å². The first-order valence-corrected chi connectivity index (χ1v) is 21.8. The van der Waals surface area contributed by atoms with Gasteiger partial charge in [-0.25, -0.2) is 0 Å². The molecule has 0 saturated heterocycles. The Hall–Kier alpha value is -2.44. The van der Waals surface area contributed by atoms with E-state index in [1.807, 2.05) is 0 Å². The van der Waals surface area contributed by atoms with E-state index < -0.39 is 20.8 Å². The van der Waals surface area contributed by atoms with E-state index in [0.29, 0.717) is 0 Å². The second kappa shape index (κ2) is 17.2. The van der Waals surface area contributed by atoms with Gasteiger partial charge >= 0.3 is 37.9 Å². The number of hydrogen-bond acceptors (Lipinski definition) is 0. The van der Waals surface area contributed by atoms with E-state index in [-0.39, 0.29) is 0 Å². The van der Waals surface area contributed by atoms with Crippen molar-refractivity contribution in [3.05, 3.63) is 131 Å². The van der Waals surface area contributed by atoms with Crippen LogP contribution < -0.4 is 0 Å². The molecule has 0 unspecified atom stereocenters. The summed E-state index contributed by atoms with van der Waals surface area (Å²) in [5.41, 5.74) is 11.1. The minimum absolute atomic E-state index is 0.826. The Balaban J connectivity index is 0.000000181. The Morgan fingerprint density at radius 1 is 0.558 bits per heavy atom. The van der Waals surface area contributed by atoms with Crippen molar-refractivity contribution in [3.8, 4) is 22.3 Å². The Morgan fingerprint density at radius 3 is 1.30 bits per heavy atom. The fourth-order valence-electron chi connectivity index (χ4n) is 5.78. The predicted molar refractivity (Wildman–Crippen MR) is 188 cm³/mol. The third kappa shape index (κ3) is 9.28. The van der Waals surface area contributed by atoms with E-state index in [1.165, 1.54) is 105 Å². The van der Waals surface area contributed by atoms with E-state index >= 15 is 0 Å². The van der Waals surface area contributed by atoms with Gasteiger partial charge in [-0.05, 0) is 50.7 Å². The first-order chi connectivity index (χ1) is 21.0. The van der Waals surface area contributed by atoms with Crippen LogP contribution in [-0.4, -0.2) is 0 Å². The number of rotatable bonds is 8. The number of aryl methyl sites for hydroxylation is 4. The second-order valence-corrected chi connectivity index (χ2v) is 15.1. The van der Waals surface area contributed by atoms with Gasteiger partial charge in [0.2, 0.25) is 0 Å². The quantitative estimate of drug-likeness (QED) is 0.140. The first-order valence-electron chi connectivity index (χ1n) is 15.4. The summed E-state index contributed by atoms with van der Waals surface area (Å²) in [6.45, 7) is 8.94. The summed E-state index contributed by atoms with van der Waals surface area (Å²) in [4.78, 5) is 0. The number of fused-ring (bicyclic) bond motifs is 2. The minimum atomic E-state index is -0.826. The van der Waals surface area contributed by atoms with Crippen LogP contribution in [0.25, 0.3) is 43.8 Å². The molecule has 0 aliphatic carbocycles. The Bertz CT molecular complexity index is 1530. The van der Waals surface area contributed by atoms with Crippen molar-refractivity contribution in [1.29, 1.82) is 0 Å². The van der Waals surface area contributed by atoms with Gasteiger partial charge in [0.1, 0.15) is 0 Å². The van der Waals surface area contributed by atoms with Gasteiger partial charge in [0.15, 0.2) is 0 Å². The third-order valence-electron chi connectivity index (χ3n) is 8.08. The van der Waals surface area contributed by atoms with Crippen molar-refractivity contribution in [2.24, 2.45) is 0 Å². The SMILES string of the molecule is CCCCc1ccc(-c2cc3ccccc3[cH-]2)c(C)c1.CCCCc1ccc(-c2cc3ccccc3[cH-]2)c(C)c1.[Cl][Zr+2][Cl]. The average Bonchev–Trinajstić information content (AvgIpc) is 3.64. The van der Waals surface area contributed by atoms with Crippen molar-refractivity contribution in [2.75, 3.05) is 0 Å². The Kier molecular flexibility index (Phi) is 13.3. The number of benzene rings is 4. The number of halogens is 2. The molecule has 0 N–H and O–H groups in total. The topological polar surface area (TPSA) is 0 Å². The van der Waals surface area contributed by atoms with Crippen LogP contribution in [0.4, 0.5) is 0 Å². The summed E-state index contributed by atoms with van der Waals surface area (Å²) < 4.78 is 0. The van der Waals surface area contributed by atoms with Crippen LogP contribution in [0.5, 0.6) is 0 Å². The van der Waals surface area contributed by atoms with Gasteiger partial charge in [-0.3, -0.25) is 0 Å². The van der Waals surface area contributed by atoms with Gasteiger partial charge in [-0.2, -0.15) is 0 Å². The molecule has 0 aliphatic heterocycles. The van der Waals surface area contributed by atoms with Gasteiger partial charge in [-0.15, -0.1) is 69.1 Å². The van der Waals surface area contributed by atoms with Gasteiger partial charge in [0, 0.05) is 0 Å². The maximum absolute atomic E-state index is 4.93.